The normalized spacial score (nSPS) is 17.7. The molecule has 0 radical (unpaired) electrons. The highest BCUT2D eigenvalue weighted by Gasteiger charge is 2.35. The highest BCUT2D eigenvalue weighted by molar-refractivity contribution is 6.03. The summed E-state index contributed by atoms with van der Waals surface area (Å²) < 4.78 is 6.31. The Morgan fingerprint density at radius 3 is 2.33 bits per heavy atom. The van der Waals surface area contributed by atoms with Gasteiger partial charge in [0.05, 0.1) is 12.2 Å². The lowest BCUT2D eigenvalue weighted by atomic mass is 9.83. The van der Waals surface area contributed by atoms with E-state index in [1.54, 1.807) is 4.90 Å². The van der Waals surface area contributed by atoms with Crippen LogP contribution in [-0.4, -0.2) is 18.2 Å². The number of benzene rings is 3. The van der Waals surface area contributed by atoms with Crippen molar-refractivity contribution in [3.63, 3.8) is 0 Å². The van der Waals surface area contributed by atoms with Crippen LogP contribution in [0.2, 0.25) is 0 Å². The Labute approximate surface area is 196 Å². The molecule has 1 saturated carbocycles. The van der Waals surface area contributed by atoms with Gasteiger partial charge < -0.3 is 10.1 Å². The minimum atomic E-state index is -0.482. The van der Waals surface area contributed by atoms with Crippen LogP contribution in [0.25, 0.3) is 11.1 Å². The van der Waals surface area contributed by atoms with Gasteiger partial charge >= 0.3 is 6.03 Å². The number of nitrogens with one attached hydrogen (secondary N) is 1. The molecule has 0 bridgehead atoms. The number of ether oxygens (including phenoxy) is 1. The summed E-state index contributed by atoms with van der Waals surface area (Å²) in [5, 5.41) is 3.01. The molecule has 1 N–H and O–H groups in total. The number of carbonyl (C=O) groups excluding carboxylic acids is 1. The van der Waals surface area contributed by atoms with Gasteiger partial charge in [-0.15, -0.1) is 0 Å². The highest BCUT2D eigenvalue weighted by atomic mass is 16.5. The summed E-state index contributed by atoms with van der Waals surface area (Å²) >= 11 is 0. The predicted molar refractivity (Wildman–Crippen MR) is 135 cm³/mol. The van der Waals surface area contributed by atoms with E-state index in [1.165, 1.54) is 43.2 Å². The summed E-state index contributed by atoms with van der Waals surface area (Å²) in [4.78, 5) is 14.9. The first-order valence-corrected chi connectivity index (χ1v) is 12.1. The number of anilines is 2. The summed E-state index contributed by atoms with van der Waals surface area (Å²) in [6.45, 7) is 4.52. The third-order valence-electron chi connectivity index (χ3n) is 6.77. The fraction of sp³-hybridized carbons (Fsp3) is 0.345. The number of urea groups is 1. The topological polar surface area (TPSA) is 41.6 Å². The Morgan fingerprint density at radius 2 is 1.61 bits per heavy atom. The lowest BCUT2D eigenvalue weighted by Crippen LogP contribution is -2.50. The van der Waals surface area contributed by atoms with Crippen LogP contribution in [0.15, 0.2) is 72.8 Å². The maximum Gasteiger partial charge on any atom is 0.326 e. The maximum absolute atomic E-state index is 13.1. The smallest absolute Gasteiger partial charge is 0.326 e. The molecule has 33 heavy (non-hydrogen) atoms. The molecule has 170 valence electrons. The fourth-order valence-corrected chi connectivity index (χ4v) is 5.07. The third-order valence-corrected chi connectivity index (χ3v) is 6.77. The second-order valence-corrected chi connectivity index (χ2v) is 9.88. The number of para-hydroxylation sites is 1. The number of rotatable bonds is 3. The zero-order valence-corrected chi connectivity index (χ0v) is 19.5. The van der Waals surface area contributed by atoms with E-state index in [4.69, 9.17) is 4.74 Å². The van der Waals surface area contributed by atoms with Gasteiger partial charge in [-0.2, -0.15) is 0 Å². The number of nitrogens with zero attached hydrogens (tertiary/aromatic N) is 1. The first-order chi connectivity index (χ1) is 16.0. The van der Waals surface area contributed by atoms with Crippen LogP contribution in [0.5, 0.6) is 5.75 Å². The number of hydrogen-bond donors (Lipinski definition) is 1. The van der Waals surface area contributed by atoms with Crippen LogP contribution >= 0.6 is 0 Å². The number of fused-ring (bicyclic) bond motifs is 1. The Bertz CT molecular complexity index is 1120. The molecule has 0 aromatic heterocycles. The maximum atomic E-state index is 13.1. The zero-order chi connectivity index (χ0) is 22.8. The van der Waals surface area contributed by atoms with Crippen molar-refractivity contribution in [2.75, 3.05) is 16.8 Å². The molecular weight excluding hydrogens is 408 g/mol. The van der Waals surface area contributed by atoms with E-state index >= 15 is 0 Å². The molecule has 1 aliphatic carbocycles. The fourth-order valence-electron chi connectivity index (χ4n) is 5.07. The van der Waals surface area contributed by atoms with Gasteiger partial charge in [0, 0.05) is 5.69 Å². The van der Waals surface area contributed by atoms with Gasteiger partial charge in [-0.25, -0.2) is 4.79 Å². The molecule has 5 rings (SSSR count). The van der Waals surface area contributed by atoms with Gasteiger partial charge in [-0.05, 0) is 73.6 Å². The van der Waals surface area contributed by atoms with Crippen LogP contribution in [0, 0.1) is 0 Å². The van der Waals surface area contributed by atoms with Gasteiger partial charge in [0.15, 0.2) is 0 Å². The van der Waals surface area contributed by atoms with Crippen LogP contribution in [0.1, 0.15) is 57.4 Å². The largest absolute Gasteiger partial charge is 0.484 e. The molecule has 0 unspecified atom stereocenters. The summed E-state index contributed by atoms with van der Waals surface area (Å²) in [6.07, 6.45) is 6.68. The molecule has 1 aliphatic heterocycles. The standard InChI is InChI=1S/C29H32N2O2/c1-29(2)20-31(28(32)30-25-11-7-4-8-12-25)26-18-17-24(19-27(26)33-29)23-15-13-22(14-16-23)21-9-5-3-6-10-21/h4,7-8,11-19,21H,3,5-6,9-10,20H2,1-2H3,(H,30,32). The second kappa shape index (κ2) is 8.93. The van der Waals surface area contributed by atoms with E-state index in [9.17, 15) is 4.79 Å². The van der Waals surface area contributed by atoms with E-state index in [0.717, 1.165) is 22.7 Å². The summed E-state index contributed by atoms with van der Waals surface area (Å²) in [5.74, 6) is 1.44. The molecular formula is C29H32N2O2. The Kier molecular flexibility index (Phi) is 5.84. The average molecular weight is 441 g/mol. The zero-order valence-electron chi connectivity index (χ0n) is 19.5. The molecule has 0 spiro atoms. The Hall–Kier alpha value is -3.27. The first kappa shape index (κ1) is 21.6. The Morgan fingerprint density at radius 1 is 0.909 bits per heavy atom. The van der Waals surface area contributed by atoms with Gasteiger partial charge in [-0.1, -0.05) is 67.8 Å². The van der Waals surface area contributed by atoms with Crippen LogP contribution in [-0.2, 0) is 0 Å². The molecule has 4 heteroatoms. The lowest BCUT2D eigenvalue weighted by Gasteiger charge is -2.39. The van der Waals surface area contributed by atoms with Crippen molar-refractivity contribution >= 4 is 17.4 Å². The van der Waals surface area contributed by atoms with Gasteiger partial charge in [0.1, 0.15) is 11.4 Å². The predicted octanol–water partition coefficient (Wildman–Crippen LogP) is 7.61. The van der Waals surface area contributed by atoms with Crippen molar-refractivity contribution in [2.24, 2.45) is 0 Å². The van der Waals surface area contributed by atoms with Crippen molar-refractivity contribution < 1.29 is 9.53 Å². The van der Waals surface area contributed by atoms with Gasteiger partial charge in [0.2, 0.25) is 0 Å². The van der Waals surface area contributed by atoms with Crippen molar-refractivity contribution in [3.8, 4) is 16.9 Å². The lowest BCUT2D eigenvalue weighted by molar-refractivity contribution is 0.107. The highest BCUT2D eigenvalue weighted by Crippen LogP contribution is 2.40. The molecule has 4 nitrogen and oxygen atoms in total. The molecule has 2 aliphatic rings. The quantitative estimate of drug-likeness (QED) is 0.455. The van der Waals surface area contributed by atoms with E-state index in [0.29, 0.717) is 12.5 Å². The third kappa shape index (κ3) is 4.75. The second-order valence-electron chi connectivity index (χ2n) is 9.88. The van der Waals surface area contributed by atoms with Gasteiger partial charge in [-0.3, -0.25) is 4.90 Å². The summed E-state index contributed by atoms with van der Waals surface area (Å²) in [6, 6.07) is 24.6. The van der Waals surface area contributed by atoms with Crippen molar-refractivity contribution in [2.45, 2.75) is 57.5 Å². The van der Waals surface area contributed by atoms with E-state index in [2.05, 4.69) is 41.7 Å². The van der Waals surface area contributed by atoms with E-state index in [-0.39, 0.29) is 6.03 Å². The van der Waals surface area contributed by atoms with Crippen molar-refractivity contribution in [1.29, 1.82) is 0 Å². The SMILES string of the molecule is CC1(C)CN(C(=O)Nc2ccccc2)c2ccc(-c3ccc(C4CCCCC4)cc3)cc2O1. The molecule has 0 atom stereocenters. The van der Waals surface area contributed by atoms with Crippen LogP contribution in [0.3, 0.4) is 0 Å². The molecule has 3 aromatic rings. The first-order valence-electron chi connectivity index (χ1n) is 12.1. The van der Waals surface area contributed by atoms with E-state index < -0.39 is 5.60 Å². The Balaban J connectivity index is 1.40. The molecule has 2 amide bonds. The van der Waals surface area contributed by atoms with Crippen LogP contribution in [0.4, 0.5) is 16.2 Å². The monoisotopic (exact) mass is 440 g/mol. The molecule has 3 aromatic carbocycles. The minimum Gasteiger partial charge on any atom is -0.484 e. The van der Waals surface area contributed by atoms with Crippen LogP contribution < -0.4 is 15.0 Å². The van der Waals surface area contributed by atoms with Crippen molar-refractivity contribution in [1.82, 2.24) is 0 Å². The number of hydrogen-bond acceptors (Lipinski definition) is 2. The van der Waals surface area contributed by atoms with Gasteiger partial charge in [0.25, 0.3) is 0 Å². The minimum absolute atomic E-state index is 0.150. The average Bonchev–Trinajstić information content (AvgIpc) is 2.84. The molecule has 0 saturated heterocycles. The van der Waals surface area contributed by atoms with Crippen molar-refractivity contribution in [3.05, 3.63) is 78.4 Å². The summed E-state index contributed by atoms with van der Waals surface area (Å²) in [7, 11) is 0. The molecule has 1 fully saturated rings. The molecule has 1 heterocycles. The summed E-state index contributed by atoms with van der Waals surface area (Å²) in [5.41, 5.74) is 4.82. The van der Waals surface area contributed by atoms with E-state index in [1.807, 2.05) is 50.2 Å². The number of amides is 2. The number of carbonyl (C=O) groups is 1.